The fraction of sp³-hybridized carbons (Fsp3) is 1.00. The van der Waals surface area contributed by atoms with Crippen LogP contribution in [0.5, 0.6) is 0 Å². The molecular formula is C26H59ClNOSi. The van der Waals surface area contributed by atoms with Crippen LogP contribution in [0.3, 0.4) is 0 Å². The normalized spacial score (nSPS) is 11.2. The standard InChI is InChI=1S/C23H50N.C3H9OSi.ClH/c1-5-7-8-9-10-11-12-13-14-15-16-17-18-19-20-21-23-24(3,4)22-6-2;1-4-5(2)3;/h5-23H2,1-4H3;1-3H3;1H/q+1;;/p-1. The summed E-state index contributed by atoms with van der Waals surface area (Å²) in [4.78, 5) is 0. The third-order valence-corrected chi connectivity index (χ3v) is 6.67. The van der Waals surface area contributed by atoms with E-state index >= 15 is 0 Å². The molecule has 0 fully saturated rings. The third-order valence-electron chi connectivity index (χ3n) is 5.85. The van der Waals surface area contributed by atoms with Crippen LogP contribution < -0.4 is 12.4 Å². The topological polar surface area (TPSA) is 9.23 Å². The molecular weight excluding hydrogens is 406 g/mol. The molecule has 0 aliphatic rings. The number of rotatable bonds is 20. The molecule has 0 aromatic carbocycles. The van der Waals surface area contributed by atoms with Crippen molar-refractivity contribution in [2.24, 2.45) is 0 Å². The van der Waals surface area contributed by atoms with Crippen molar-refractivity contribution in [3.8, 4) is 0 Å². The molecule has 0 aliphatic heterocycles. The van der Waals surface area contributed by atoms with Gasteiger partial charge in [0.1, 0.15) is 0 Å². The van der Waals surface area contributed by atoms with Crippen LogP contribution in [0.25, 0.3) is 0 Å². The van der Waals surface area contributed by atoms with Crippen molar-refractivity contribution in [3.63, 3.8) is 0 Å². The van der Waals surface area contributed by atoms with Gasteiger partial charge in [-0.05, 0) is 32.4 Å². The van der Waals surface area contributed by atoms with Gasteiger partial charge >= 0.3 is 0 Å². The van der Waals surface area contributed by atoms with Crippen molar-refractivity contribution < 1.29 is 21.3 Å². The monoisotopic (exact) mass is 464 g/mol. The highest BCUT2D eigenvalue weighted by Gasteiger charge is 2.11. The van der Waals surface area contributed by atoms with E-state index < -0.39 is 0 Å². The largest absolute Gasteiger partial charge is 1.00 e. The molecule has 0 aromatic rings. The maximum Gasteiger partial charge on any atom is 0.204 e. The van der Waals surface area contributed by atoms with Gasteiger partial charge in [0.25, 0.3) is 0 Å². The van der Waals surface area contributed by atoms with Crippen LogP contribution in [-0.4, -0.2) is 47.8 Å². The summed E-state index contributed by atoms with van der Waals surface area (Å²) in [6.45, 7) is 11.5. The molecule has 0 spiro atoms. The smallest absolute Gasteiger partial charge is 0.204 e. The quantitative estimate of drug-likeness (QED) is 0.129. The zero-order valence-corrected chi connectivity index (χ0v) is 23.9. The summed E-state index contributed by atoms with van der Waals surface area (Å²) in [6, 6.07) is 0. The zero-order chi connectivity index (χ0) is 22.2. The van der Waals surface area contributed by atoms with E-state index in [1.54, 1.807) is 7.11 Å². The SMILES string of the molecule is CCCCCCCCCCCCCCCCCC[N+](C)(C)CCC.CO[Si](C)C.[Cl-]. The lowest BCUT2D eigenvalue weighted by atomic mass is 10.0. The molecule has 0 unspecified atom stereocenters. The third kappa shape index (κ3) is 33.1. The predicted molar refractivity (Wildman–Crippen MR) is 136 cm³/mol. The van der Waals surface area contributed by atoms with Gasteiger partial charge in [0.15, 0.2) is 0 Å². The van der Waals surface area contributed by atoms with Gasteiger partial charge in [-0.1, -0.05) is 104 Å². The minimum Gasteiger partial charge on any atom is -1.00 e. The Hall–Kier alpha value is 0.427. The Morgan fingerprint density at radius 2 is 0.833 bits per heavy atom. The molecule has 30 heavy (non-hydrogen) atoms. The van der Waals surface area contributed by atoms with E-state index in [4.69, 9.17) is 4.43 Å². The molecule has 0 bridgehead atoms. The molecule has 0 aromatic heterocycles. The van der Waals surface area contributed by atoms with Crippen molar-refractivity contribution in [1.82, 2.24) is 0 Å². The van der Waals surface area contributed by atoms with Crippen LogP contribution in [-0.2, 0) is 4.43 Å². The second-order valence-electron chi connectivity index (χ2n) is 9.80. The first-order valence-corrected chi connectivity index (χ1v) is 15.5. The van der Waals surface area contributed by atoms with Crippen molar-refractivity contribution >= 4 is 9.04 Å². The van der Waals surface area contributed by atoms with E-state index in [0.717, 1.165) is 0 Å². The molecule has 0 saturated heterocycles. The first-order valence-electron chi connectivity index (χ1n) is 13.1. The van der Waals surface area contributed by atoms with Crippen LogP contribution in [0.1, 0.15) is 123 Å². The fourth-order valence-electron chi connectivity index (χ4n) is 3.81. The summed E-state index contributed by atoms with van der Waals surface area (Å²) < 4.78 is 6.07. The molecule has 0 atom stereocenters. The van der Waals surface area contributed by atoms with Gasteiger partial charge in [-0.2, -0.15) is 0 Å². The van der Waals surface area contributed by atoms with Gasteiger partial charge in [-0.25, -0.2) is 0 Å². The van der Waals surface area contributed by atoms with Gasteiger partial charge in [0.05, 0.1) is 27.2 Å². The molecule has 0 N–H and O–H groups in total. The Labute approximate surface area is 200 Å². The summed E-state index contributed by atoms with van der Waals surface area (Å²) in [7, 11) is 6.14. The molecule has 4 heteroatoms. The number of hydrogen-bond donors (Lipinski definition) is 0. The zero-order valence-electron chi connectivity index (χ0n) is 22.2. The van der Waals surface area contributed by atoms with Gasteiger partial charge < -0.3 is 21.3 Å². The van der Waals surface area contributed by atoms with Crippen LogP contribution in [0, 0.1) is 0 Å². The highest BCUT2D eigenvalue weighted by molar-refractivity contribution is 6.48. The van der Waals surface area contributed by atoms with Crippen LogP contribution in [0.2, 0.25) is 13.1 Å². The Balaban J connectivity index is -0.00000108. The number of halogens is 1. The van der Waals surface area contributed by atoms with Crippen molar-refractivity contribution in [3.05, 3.63) is 0 Å². The van der Waals surface area contributed by atoms with Gasteiger partial charge in [0.2, 0.25) is 9.04 Å². The number of nitrogens with zero attached hydrogens (tertiary/aromatic N) is 1. The van der Waals surface area contributed by atoms with E-state index in [1.165, 1.54) is 127 Å². The average molecular weight is 465 g/mol. The minimum absolute atomic E-state index is 0. The number of hydrogen-bond acceptors (Lipinski definition) is 1. The molecule has 185 valence electrons. The Morgan fingerprint density at radius 3 is 1.10 bits per heavy atom. The maximum atomic E-state index is 4.85. The highest BCUT2D eigenvalue weighted by atomic mass is 35.5. The lowest BCUT2D eigenvalue weighted by molar-refractivity contribution is -0.890. The first-order chi connectivity index (χ1) is 13.9. The van der Waals surface area contributed by atoms with Crippen molar-refractivity contribution in [2.45, 2.75) is 136 Å². The molecule has 0 amide bonds. The van der Waals surface area contributed by atoms with Crippen LogP contribution >= 0.6 is 0 Å². The lowest BCUT2D eigenvalue weighted by Crippen LogP contribution is -3.00. The predicted octanol–water partition coefficient (Wildman–Crippen LogP) is 5.62. The van der Waals surface area contributed by atoms with E-state index in [1.807, 2.05) is 0 Å². The molecule has 0 heterocycles. The average Bonchev–Trinajstić information content (AvgIpc) is 2.68. The Morgan fingerprint density at radius 1 is 0.533 bits per heavy atom. The maximum absolute atomic E-state index is 4.85. The lowest BCUT2D eigenvalue weighted by Gasteiger charge is -2.29. The summed E-state index contributed by atoms with van der Waals surface area (Å²) in [6.07, 6.45) is 24.7. The molecule has 0 saturated carbocycles. The number of quaternary nitrogens is 1. The summed E-state index contributed by atoms with van der Waals surface area (Å²) in [5.74, 6) is 0. The molecule has 0 rings (SSSR count). The second-order valence-corrected chi connectivity index (χ2v) is 12.0. The van der Waals surface area contributed by atoms with E-state index in [2.05, 4.69) is 41.0 Å². The van der Waals surface area contributed by atoms with Gasteiger partial charge in [-0.3, -0.25) is 0 Å². The summed E-state index contributed by atoms with van der Waals surface area (Å²) >= 11 is 0. The Kier molecular flexibility index (Phi) is 32.1. The van der Waals surface area contributed by atoms with Gasteiger partial charge in [0, 0.05) is 7.11 Å². The van der Waals surface area contributed by atoms with Crippen LogP contribution in [0.15, 0.2) is 0 Å². The molecule has 2 nitrogen and oxygen atoms in total. The van der Waals surface area contributed by atoms with E-state index in [9.17, 15) is 0 Å². The van der Waals surface area contributed by atoms with E-state index in [-0.39, 0.29) is 21.4 Å². The summed E-state index contributed by atoms with van der Waals surface area (Å²) in [5, 5.41) is 0. The highest BCUT2D eigenvalue weighted by Crippen LogP contribution is 2.14. The summed E-state index contributed by atoms with van der Waals surface area (Å²) in [5.41, 5.74) is 0. The number of unbranched alkanes of at least 4 members (excludes halogenated alkanes) is 15. The second kappa shape index (κ2) is 27.5. The van der Waals surface area contributed by atoms with Gasteiger partial charge in [-0.15, -0.1) is 0 Å². The Bertz CT molecular complexity index is 301. The van der Waals surface area contributed by atoms with Crippen LogP contribution in [0.4, 0.5) is 0 Å². The fourth-order valence-corrected chi connectivity index (χ4v) is 3.81. The first kappa shape index (κ1) is 35.0. The van der Waals surface area contributed by atoms with E-state index in [0.29, 0.717) is 0 Å². The molecule has 0 aliphatic carbocycles. The van der Waals surface area contributed by atoms with Crippen molar-refractivity contribution in [2.75, 3.05) is 34.3 Å². The van der Waals surface area contributed by atoms with Crippen molar-refractivity contribution in [1.29, 1.82) is 0 Å². The molecule has 1 radical (unpaired) electrons. The minimum atomic E-state index is -0.374.